The van der Waals surface area contributed by atoms with Crippen molar-refractivity contribution < 1.29 is 59.4 Å². The van der Waals surface area contributed by atoms with Crippen LogP contribution in [0.4, 0.5) is 0 Å². The van der Waals surface area contributed by atoms with Crippen LogP contribution >= 0.6 is 0 Å². The maximum Gasteiger partial charge on any atom is 0.317 e. The van der Waals surface area contributed by atoms with Gasteiger partial charge in [0.25, 0.3) is 0 Å². The summed E-state index contributed by atoms with van der Waals surface area (Å²) in [6.07, 6.45) is 2.41. The Hall–Kier alpha value is -3.34. The molecule has 0 saturated heterocycles. The van der Waals surface area contributed by atoms with Crippen LogP contribution < -0.4 is 0 Å². The number of nitrogens with zero attached hydrogens (tertiary/aromatic N) is 4. The Morgan fingerprint density at radius 1 is 0.450 bits per heavy atom. The molecular weight excluding hydrogens is 536 g/mol. The summed E-state index contributed by atoms with van der Waals surface area (Å²) in [7, 11) is 0. The summed E-state index contributed by atoms with van der Waals surface area (Å²) in [6, 6.07) is -0.545. The van der Waals surface area contributed by atoms with Crippen molar-refractivity contribution in [3.8, 4) is 0 Å². The number of carbonyl (C=O) groups is 6. The standard InChI is InChI=1S/C24H40N4O12/c29-19(30)5-7-27(11-9-25(13-21(33)34)14-22(35)36)17-3-1-2-4-18(17)28(8-6-20(31)32)12-10-26(15-23(37)38)16-24(39)40/h17-18H,1-16H2,(H,29,30)(H,31,32)(H,33,34)(H,35,36)(H,37,38)(H,39,40). The SMILES string of the molecule is O=C(O)CCN(CCN(CC(=O)O)CC(=O)O)C1CCCCC1N(CCC(=O)O)CCN(CC(=O)O)CC(=O)O. The van der Waals surface area contributed by atoms with Gasteiger partial charge in [-0.2, -0.15) is 0 Å². The fraction of sp³-hybridized carbons (Fsp3) is 0.750. The van der Waals surface area contributed by atoms with E-state index >= 15 is 0 Å². The van der Waals surface area contributed by atoms with Gasteiger partial charge in [-0.25, -0.2) is 0 Å². The fourth-order valence-electron chi connectivity index (χ4n) is 5.04. The number of rotatable bonds is 22. The molecule has 1 fully saturated rings. The number of hydrogen-bond acceptors (Lipinski definition) is 10. The Bertz CT molecular complexity index is 784. The van der Waals surface area contributed by atoms with Gasteiger partial charge >= 0.3 is 35.8 Å². The second-order valence-electron chi connectivity index (χ2n) is 9.77. The largest absolute Gasteiger partial charge is 0.481 e. The number of aliphatic carboxylic acids is 6. The van der Waals surface area contributed by atoms with Gasteiger partial charge in [-0.3, -0.25) is 48.4 Å². The molecule has 0 aromatic heterocycles. The maximum absolute atomic E-state index is 11.4. The van der Waals surface area contributed by atoms with E-state index in [1.54, 1.807) is 0 Å². The minimum Gasteiger partial charge on any atom is -0.481 e. The highest BCUT2D eigenvalue weighted by molar-refractivity contribution is 5.73. The maximum atomic E-state index is 11.4. The van der Waals surface area contributed by atoms with Gasteiger partial charge in [-0.1, -0.05) is 12.8 Å². The molecule has 1 aliphatic rings. The molecule has 0 aromatic rings. The molecule has 6 N–H and O–H groups in total. The average molecular weight is 577 g/mol. The summed E-state index contributed by atoms with van der Waals surface area (Å²) in [5, 5.41) is 55.3. The quantitative estimate of drug-likeness (QED) is 0.0886. The molecule has 1 aliphatic carbocycles. The van der Waals surface area contributed by atoms with Crippen LogP contribution in [0, 0.1) is 0 Å². The van der Waals surface area contributed by atoms with Gasteiger partial charge in [-0.15, -0.1) is 0 Å². The second-order valence-corrected chi connectivity index (χ2v) is 9.77. The summed E-state index contributed by atoms with van der Waals surface area (Å²) >= 11 is 0. The monoisotopic (exact) mass is 576 g/mol. The van der Waals surface area contributed by atoms with E-state index in [9.17, 15) is 39.0 Å². The molecule has 0 heterocycles. The highest BCUT2D eigenvalue weighted by Gasteiger charge is 2.35. The zero-order valence-electron chi connectivity index (χ0n) is 22.4. The zero-order valence-corrected chi connectivity index (χ0v) is 22.4. The van der Waals surface area contributed by atoms with Gasteiger partial charge in [0.15, 0.2) is 0 Å². The van der Waals surface area contributed by atoms with Crippen LogP contribution in [0.3, 0.4) is 0 Å². The van der Waals surface area contributed by atoms with Crippen molar-refractivity contribution in [3.05, 3.63) is 0 Å². The highest BCUT2D eigenvalue weighted by Crippen LogP contribution is 2.28. The van der Waals surface area contributed by atoms with Crippen LogP contribution in [0.25, 0.3) is 0 Å². The predicted octanol–water partition coefficient (Wildman–Crippen LogP) is -1.21. The molecule has 228 valence electrons. The first kappa shape index (κ1) is 34.7. The number of carboxylic acids is 6. The first-order valence-corrected chi connectivity index (χ1v) is 13.0. The van der Waals surface area contributed by atoms with Crippen LogP contribution in [0.15, 0.2) is 0 Å². The van der Waals surface area contributed by atoms with Crippen molar-refractivity contribution in [1.29, 1.82) is 0 Å². The van der Waals surface area contributed by atoms with E-state index in [2.05, 4.69) is 0 Å². The van der Waals surface area contributed by atoms with Crippen molar-refractivity contribution in [2.24, 2.45) is 0 Å². The van der Waals surface area contributed by atoms with Gasteiger partial charge in [0.05, 0.1) is 39.0 Å². The molecule has 0 amide bonds. The van der Waals surface area contributed by atoms with E-state index in [4.69, 9.17) is 20.4 Å². The van der Waals surface area contributed by atoms with Gasteiger partial charge in [0.2, 0.25) is 0 Å². The zero-order chi connectivity index (χ0) is 30.2. The molecular formula is C24H40N4O12. The minimum atomic E-state index is -1.21. The van der Waals surface area contributed by atoms with Crippen LogP contribution in [0.5, 0.6) is 0 Å². The molecule has 0 aliphatic heterocycles. The summed E-state index contributed by atoms with van der Waals surface area (Å²) in [5.41, 5.74) is 0. The molecule has 2 atom stereocenters. The lowest BCUT2D eigenvalue weighted by molar-refractivity contribution is -0.144. The molecule has 0 bridgehead atoms. The second kappa shape index (κ2) is 18.1. The first-order valence-electron chi connectivity index (χ1n) is 13.0. The minimum absolute atomic E-state index is 0.0432. The molecule has 2 unspecified atom stereocenters. The summed E-state index contributed by atoms with van der Waals surface area (Å²) in [5.74, 6) is -6.93. The summed E-state index contributed by atoms with van der Waals surface area (Å²) in [6.45, 7) is -1.42. The van der Waals surface area contributed by atoms with Gasteiger partial charge in [-0.05, 0) is 12.8 Å². The summed E-state index contributed by atoms with van der Waals surface area (Å²) < 4.78 is 0. The van der Waals surface area contributed by atoms with Crippen molar-refractivity contribution in [1.82, 2.24) is 19.6 Å². The molecule has 16 nitrogen and oxygen atoms in total. The Morgan fingerprint density at radius 3 is 1.00 bits per heavy atom. The van der Waals surface area contributed by atoms with Crippen LogP contribution in [0.2, 0.25) is 0 Å². The molecule has 1 saturated carbocycles. The van der Waals surface area contributed by atoms with Crippen LogP contribution in [-0.2, 0) is 28.8 Å². The molecule has 0 spiro atoms. The van der Waals surface area contributed by atoms with Crippen molar-refractivity contribution in [3.63, 3.8) is 0 Å². The van der Waals surface area contributed by atoms with E-state index in [0.717, 1.165) is 12.8 Å². The van der Waals surface area contributed by atoms with E-state index in [-0.39, 0.29) is 64.2 Å². The number of hydrogen-bond donors (Lipinski definition) is 6. The van der Waals surface area contributed by atoms with Crippen molar-refractivity contribution >= 4 is 35.8 Å². The predicted molar refractivity (Wildman–Crippen MR) is 137 cm³/mol. The smallest absolute Gasteiger partial charge is 0.317 e. The lowest BCUT2D eigenvalue weighted by Gasteiger charge is -2.46. The first-order chi connectivity index (χ1) is 18.8. The Kier molecular flexibility index (Phi) is 15.7. The molecule has 0 aromatic carbocycles. The van der Waals surface area contributed by atoms with E-state index in [1.807, 2.05) is 9.80 Å². The van der Waals surface area contributed by atoms with E-state index in [1.165, 1.54) is 9.80 Å². The Balaban J connectivity index is 3.20. The summed E-state index contributed by atoms with van der Waals surface area (Å²) in [4.78, 5) is 73.9. The fourth-order valence-corrected chi connectivity index (χ4v) is 5.04. The molecule has 0 radical (unpaired) electrons. The Labute approximate surface area is 231 Å². The lowest BCUT2D eigenvalue weighted by Crippen LogP contribution is -2.57. The topological polar surface area (TPSA) is 237 Å². The third kappa shape index (κ3) is 14.7. The third-order valence-corrected chi connectivity index (χ3v) is 6.70. The van der Waals surface area contributed by atoms with Gasteiger partial charge in [0.1, 0.15) is 0 Å². The number of carboxylic acid groups (broad SMARTS) is 6. The van der Waals surface area contributed by atoms with E-state index < -0.39 is 62.0 Å². The van der Waals surface area contributed by atoms with Crippen molar-refractivity contribution in [2.75, 3.05) is 65.4 Å². The van der Waals surface area contributed by atoms with Gasteiger partial charge in [0, 0.05) is 51.4 Å². The molecule has 40 heavy (non-hydrogen) atoms. The lowest BCUT2D eigenvalue weighted by atomic mass is 9.87. The molecule has 1 rings (SSSR count). The normalized spacial score (nSPS) is 17.4. The Morgan fingerprint density at radius 2 is 0.750 bits per heavy atom. The molecule has 16 heteroatoms. The van der Waals surface area contributed by atoms with Gasteiger partial charge < -0.3 is 30.6 Å². The third-order valence-electron chi connectivity index (χ3n) is 6.70. The van der Waals surface area contributed by atoms with Crippen LogP contribution in [0.1, 0.15) is 38.5 Å². The van der Waals surface area contributed by atoms with Crippen LogP contribution in [-0.4, -0.2) is 164 Å². The van der Waals surface area contributed by atoms with E-state index in [0.29, 0.717) is 12.8 Å². The average Bonchev–Trinajstić information content (AvgIpc) is 2.82. The highest BCUT2D eigenvalue weighted by atomic mass is 16.4. The van der Waals surface area contributed by atoms with Crippen molar-refractivity contribution in [2.45, 2.75) is 50.6 Å².